The fourth-order valence-corrected chi connectivity index (χ4v) is 2.07. The van der Waals surface area contributed by atoms with Gasteiger partial charge in [0.15, 0.2) is 0 Å². The van der Waals surface area contributed by atoms with Gasteiger partial charge in [-0.1, -0.05) is 34.1 Å². The fraction of sp³-hybridized carbons (Fsp3) is 0.250. The van der Waals surface area contributed by atoms with Crippen molar-refractivity contribution in [2.45, 2.75) is 13.0 Å². The Labute approximate surface area is 103 Å². The smallest absolute Gasteiger partial charge is 0.0849 e. The minimum atomic E-state index is 0.0272. The predicted molar refractivity (Wildman–Crippen MR) is 66.1 cm³/mol. The quantitative estimate of drug-likeness (QED) is 0.937. The average molecular weight is 281 g/mol. The first-order chi connectivity index (χ1) is 7.70. The van der Waals surface area contributed by atoms with E-state index in [-0.39, 0.29) is 6.61 Å². The third-order valence-corrected chi connectivity index (χ3v) is 3.29. The fourth-order valence-electron chi connectivity index (χ4n) is 1.64. The van der Waals surface area contributed by atoms with E-state index in [1.54, 1.807) is 4.68 Å². The van der Waals surface area contributed by atoms with Crippen LogP contribution in [-0.4, -0.2) is 14.9 Å². The Morgan fingerprint density at radius 2 is 2.12 bits per heavy atom. The van der Waals surface area contributed by atoms with Crippen molar-refractivity contribution in [1.82, 2.24) is 9.78 Å². The van der Waals surface area contributed by atoms with E-state index in [9.17, 15) is 0 Å². The van der Waals surface area contributed by atoms with Crippen molar-refractivity contribution in [3.8, 4) is 0 Å². The van der Waals surface area contributed by atoms with E-state index < -0.39 is 0 Å². The molecule has 0 unspecified atom stereocenters. The molecule has 2 rings (SSSR count). The zero-order valence-electron chi connectivity index (χ0n) is 9.02. The largest absolute Gasteiger partial charge is 0.390 e. The molecule has 0 aliphatic heterocycles. The second-order valence-electron chi connectivity index (χ2n) is 3.68. The average Bonchev–Trinajstić information content (AvgIpc) is 2.62. The van der Waals surface area contributed by atoms with E-state index in [1.165, 1.54) is 5.56 Å². The number of hydrogen-bond donors (Lipinski definition) is 1. The van der Waals surface area contributed by atoms with Crippen LogP contribution in [0.1, 0.15) is 17.0 Å². The Kier molecular flexibility index (Phi) is 3.41. The molecular formula is C12H13BrN2O. The maximum absolute atomic E-state index is 9.08. The first-order valence-corrected chi connectivity index (χ1v) is 5.86. The van der Waals surface area contributed by atoms with Crippen molar-refractivity contribution in [2.24, 2.45) is 7.05 Å². The monoisotopic (exact) mass is 280 g/mol. The molecule has 1 heterocycles. The zero-order valence-corrected chi connectivity index (χ0v) is 10.6. The molecule has 1 N–H and O–H groups in total. The van der Waals surface area contributed by atoms with E-state index in [0.717, 1.165) is 22.3 Å². The Hall–Kier alpha value is -1.13. The number of hydrogen-bond acceptors (Lipinski definition) is 2. The highest BCUT2D eigenvalue weighted by Gasteiger charge is 2.06. The number of nitrogens with zero attached hydrogens (tertiary/aromatic N) is 2. The summed E-state index contributed by atoms with van der Waals surface area (Å²) in [7, 11) is 1.84. The summed E-state index contributed by atoms with van der Waals surface area (Å²) in [6, 6.07) is 10.0. The molecule has 0 saturated carbocycles. The van der Waals surface area contributed by atoms with Crippen molar-refractivity contribution in [1.29, 1.82) is 0 Å². The molecule has 0 aliphatic carbocycles. The summed E-state index contributed by atoms with van der Waals surface area (Å²) in [4.78, 5) is 0. The molecule has 0 atom stereocenters. The second-order valence-corrected chi connectivity index (χ2v) is 4.53. The van der Waals surface area contributed by atoms with Crippen LogP contribution in [0, 0.1) is 0 Å². The molecule has 0 spiro atoms. The minimum absolute atomic E-state index is 0.0272. The molecule has 1 aromatic heterocycles. The molecule has 0 saturated heterocycles. The van der Waals surface area contributed by atoms with Gasteiger partial charge in [-0.3, -0.25) is 4.68 Å². The lowest BCUT2D eigenvalue weighted by Gasteiger charge is -2.00. The van der Waals surface area contributed by atoms with E-state index in [1.807, 2.05) is 31.3 Å². The highest BCUT2D eigenvalue weighted by molar-refractivity contribution is 9.10. The molecule has 0 fully saturated rings. The summed E-state index contributed by atoms with van der Waals surface area (Å²) in [5.41, 5.74) is 3.01. The van der Waals surface area contributed by atoms with Gasteiger partial charge in [0.2, 0.25) is 0 Å². The number of aromatic nitrogens is 2. The Balaban J connectivity index is 2.24. The summed E-state index contributed by atoms with van der Waals surface area (Å²) in [5, 5.41) is 13.4. The van der Waals surface area contributed by atoms with Crippen LogP contribution in [0.3, 0.4) is 0 Å². The van der Waals surface area contributed by atoms with Gasteiger partial charge >= 0.3 is 0 Å². The molecule has 0 amide bonds. The zero-order chi connectivity index (χ0) is 11.5. The predicted octanol–water partition coefficient (Wildman–Crippen LogP) is 2.27. The van der Waals surface area contributed by atoms with Crippen LogP contribution in [0.2, 0.25) is 0 Å². The first kappa shape index (κ1) is 11.4. The number of rotatable bonds is 3. The lowest BCUT2D eigenvalue weighted by atomic mass is 10.1. The molecular weight excluding hydrogens is 268 g/mol. The van der Waals surface area contributed by atoms with Crippen LogP contribution in [0.5, 0.6) is 0 Å². The standard InChI is InChI=1S/C12H13BrN2O/c1-15-11(8-16)7-10(14-15)6-9-4-2-3-5-12(9)13/h2-5,7,16H,6,8H2,1H3. The summed E-state index contributed by atoms with van der Waals surface area (Å²) < 4.78 is 2.80. The number of aliphatic hydroxyl groups excluding tert-OH is 1. The van der Waals surface area contributed by atoms with Crippen molar-refractivity contribution >= 4 is 15.9 Å². The Bertz CT molecular complexity index is 494. The van der Waals surface area contributed by atoms with Gasteiger partial charge in [-0.15, -0.1) is 0 Å². The lowest BCUT2D eigenvalue weighted by Crippen LogP contribution is -1.97. The maximum atomic E-state index is 9.08. The molecule has 0 radical (unpaired) electrons. The molecule has 16 heavy (non-hydrogen) atoms. The van der Waals surface area contributed by atoms with Crippen LogP contribution in [0.4, 0.5) is 0 Å². The van der Waals surface area contributed by atoms with E-state index in [0.29, 0.717) is 0 Å². The minimum Gasteiger partial charge on any atom is -0.390 e. The Morgan fingerprint density at radius 1 is 1.38 bits per heavy atom. The molecule has 0 bridgehead atoms. The highest BCUT2D eigenvalue weighted by Crippen LogP contribution is 2.19. The molecule has 3 nitrogen and oxygen atoms in total. The summed E-state index contributed by atoms with van der Waals surface area (Å²) in [6.07, 6.45) is 0.773. The molecule has 1 aromatic carbocycles. The molecule has 84 valence electrons. The van der Waals surface area contributed by atoms with Crippen molar-refractivity contribution < 1.29 is 5.11 Å². The van der Waals surface area contributed by atoms with E-state index in [4.69, 9.17) is 5.11 Å². The van der Waals surface area contributed by atoms with Crippen molar-refractivity contribution in [3.63, 3.8) is 0 Å². The summed E-state index contributed by atoms with van der Waals surface area (Å²) in [6.45, 7) is 0.0272. The van der Waals surface area contributed by atoms with Gasteiger partial charge in [0.25, 0.3) is 0 Å². The normalized spacial score (nSPS) is 10.7. The van der Waals surface area contributed by atoms with Crippen LogP contribution in [-0.2, 0) is 20.1 Å². The maximum Gasteiger partial charge on any atom is 0.0849 e. The summed E-state index contributed by atoms with van der Waals surface area (Å²) in [5.74, 6) is 0. The number of aryl methyl sites for hydroxylation is 1. The third kappa shape index (κ3) is 2.33. The van der Waals surface area contributed by atoms with Gasteiger partial charge in [0.1, 0.15) is 0 Å². The SMILES string of the molecule is Cn1nc(Cc2ccccc2Br)cc1CO. The number of aliphatic hydroxyl groups is 1. The van der Waals surface area contributed by atoms with Crippen LogP contribution < -0.4 is 0 Å². The van der Waals surface area contributed by atoms with Gasteiger partial charge in [0.05, 0.1) is 18.0 Å². The molecule has 2 aromatic rings. The van der Waals surface area contributed by atoms with Gasteiger partial charge in [0, 0.05) is 17.9 Å². The Morgan fingerprint density at radius 3 is 2.75 bits per heavy atom. The highest BCUT2D eigenvalue weighted by atomic mass is 79.9. The van der Waals surface area contributed by atoms with Crippen LogP contribution >= 0.6 is 15.9 Å². The summed E-state index contributed by atoms with van der Waals surface area (Å²) >= 11 is 3.51. The van der Waals surface area contributed by atoms with E-state index in [2.05, 4.69) is 27.1 Å². The van der Waals surface area contributed by atoms with Gasteiger partial charge in [-0.05, 0) is 17.7 Å². The third-order valence-electron chi connectivity index (χ3n) is 2.52. The van der Waals surface area contributed by atoms with Crippen molar-refractivity contribution in [3.05, 3.63) is 51.8 Å². The second kappa shape index (κ2) is 4.80. The number of halogens is 1. The first-order valence-electron chi connectivity index (χ1n) is 5.06. The molecule has 0 aliphatic rings. The van der Waals surface area contributed by atoms with Gasteiger partial charge < -0.3 is 5.11 Å². The van der Waals surface area contributed by atoms with Crippen LogP contribution in [0.15, 0.2) is 34.8 Å². The van der Waals surface area contributed by atoms with Crippen molar-refractivity contribution in [2.75, 3.05) is 0 Å². The van der Waals surface area contributed by atoms with Crippen LogP contribution in [0.25, 0.3) is 0 Å². The van der Waals surface area contributed by atoms with Gasteiger partial charge in [-0.25, -0.2) is 0 Å². The van der Waals surface area contributed by atoms with Gasteiger partial charge in [-0.2, -0.15) is 5.10 Å². The number of benzene rings is 1. The topological polar surface area (TPSA) is 38.0 Å². The molecule has 4 heteroatoms. The van der Waals surface area contributed by atoms with E-state index >= 15 is 0 Å². The lowest BCUT2D eigenvalue weighted by molar-refractivity contribution is 0.270.